The van der Waals surface area contributed by atoms with Gasteiger partial charge in [-0.3, -0.25) is 0 Å². The van der Waals surface area contributed by atoms with E-state index in [0.717, 1.165) is 54.9 Å². The molecule has 3 aromatic rings. The second-order valence-corrected chi connectivity index (χ2v) is 6.62. The first kappa shape index (κ1) is 23.5. The molecule has 5 nitrogen and oxygen atoms in total. The first-order valence-corrected chi connectivity index (χ1v) is 10.7. The Labute approximate surface area is 180 Å². The highest BCUT2D eigenvalue weighted by Crippen LogP contribution is 2.20. The van der Waals surface area contributed by atoms with Crippen molar-refractivity contribution in [2.24, 2.45) is 0 Å². The fourth-order valence-corrected chi connectivity index (χ4v) is 2.93. The van der Waals surface area contributed by atoms with Crippen LogP contribution < -0.4 is 5.32 Å². The van der Waals surface area contributed by atoms with Crippen molar-refractivity contribution in [3.8, 4) is 11.1 Å². The number of methoxy groups -OCH3 is 1. The minimum Gasteiger partial charge on any atom is -0.383 e. The summed E-state index contributed by atoms with van der Waals surface area (Å²) in [7, 11) is 1.71. The normalized spacial score (nSPS) is 11.3. The lowest BCUT2D eigenvalue weighted by Gasteiger charge is -2.06. The quantitative estimate of drug-likeness (QED) is 0.370. The maximum Gasteiger partial charge on any atom is 0.158 e. The van der Waals surface area contributed by atoms with Gasteiger partial charge in [-0.25, -0.2) is 9.50 Å². The highest BCUT2D eigenvalue weighted by atomic mass is 16.5. The molecule has 0 bridgehead atoms. The molecule has 2 heterocycles. The lowest BCUT2D eigenvalue weighted by Crippen LogP contribution is -2.18. The molecule has 1 N–H and O–H groups in total. The van der Waals surface area contributed by atoms with Crippen LogP contribution in [-0.4, -0.2) is 34.9 Å². The number of rotatable bonds is 10. The first-order chi connectivity index (χ1) is 14.8. The van der Waals surface area contributed by atoms with E-state index in [1.165, 1.54) is 5.56 Å². The lowest BCUT2D eigenvalue weighted by atomic mass is 10.1. The molecule has 1 aromatic carbocycles. The van der Waals surface area contributed by atoms with Crippen LogP contribution in [0.5, 0.6) is 0 Å². The summed E-state index contributed by atoms with van der Waals surface area (Å²) in [6.07, 6.45) is 16.2. The van der Waals surface area contributed by atoms with Crippen molar-refractivity contribution in [2.75, 3.05) is 20.3 Å². The van der Waals surface area contributed by atoms with E-state index in [0.29, 0.717) is 0 Å². The summed E-state index contributed by atoms with van der Waals surface area (Å²) >= 11 is 0. The van der Waals surface area contributed by atoms with E-state index in [-0.39, 0.29) is 0 Å². The third kappa shape index (κ3) is 6.94. The SMILES string of the molecule is CC.CC/C=C\C=C/Cc1cnn2cc(-c3ccc(CNCCOC)cc3)cnc12. The van der Waals surface area contributed by atoms with E-state index in [9.17, 15) is 0 Å². The molecular weight excluding hydrogens is 372 g/mol. The van der Waals surface area contributed by atoms with Gasteiger partial charge >= 0.3 is 0 Å². The second kappa shape index (κ2) is 13.5. The van der Waals surface area contributed by atoms with E-state index < -0.39 is 0 Å². The molecule has 160 valence electrons. The molecular formula is C25H34N4O. The predicted molar refractivity (Wildman–Crippen MR) is 126 cm³/mol. The van der Waals surface area contributed by atoms with Gasteiger partial charge in [0.1, 0.15) is 0 Å². The smallest absolute Gasteiger partial charge is 0.158 e. The van der Waals surface area contributed by atoms with Crippen molar-refractivity contribution in [1.29, 1.82) is 0 Å². The van der Waals surface area contributed by atoms with Gasteiger partial charge in [0, 0.05) is 43.7 Å². The first-order valence-electron chi connectivity index (χ1n) is 10.7. The minimum atomic E-state index is 0.723. The monoisotopic (exact) mass is 406 g/mol. The molecule has 2 aromatic heterocycles. The molecule has 0 saturated heterocycles. The average Bonchev–Trinajstić information content (AvgIpc) is 3.20. The van der Waals surface area contributed by atoms with E-state index in [2.05, 4.69) is 70.9 Å². The van der Waals surface area contributed by atoms with Crippen LogP contribution in [0.2, 0.25) is 0 Å². The fraction of sp³-hybridized carbons (Fsp3) is 0.360. The summed E-state index contributed by atoms with van der Waals surface area (Å²) in [4.78, 5) is 4.65. The molecule has 0 saturated carbocycles. The average molecular weight is 407 g/mol. The molecule has 0 fully saturated rings. The Morgan fingerprint density at radius 3 is 2.53 bits per heavy atom. The fourth-order valence-electron chi connectivity index (χ4n) is 2.93. The largest absolute Gasteiger partial charge is 0.383 e. The molecule has 30 heavy (non-hydrogen) atoms. The number of hydrogen-bond acceptors (Lipinski definition) is 4. The maximum atomic E-state index is 5.05. The number of nitrogens with zero attached hydrogens (tertiary/aromatic N) is 3. The minimum absolute atomic E-state index is 0.723. The van der Waals surface area contributed by atoms with Gasteiger partial charge in [0.2, 0.25) is 0 Å². The van der Waals surface area contributed by atoms with Gasteiger partial charge in [0.05, 0.1) is 12.8 Å². The summed E-state index contributed by atoms with van der Waals surface area (Å²) < 4.78 is 6.91. The van der Waals surface area contributed by atoms with Crippen LogP contribution in [0.4, 0.5) is 0 Å². The summed E-state index contributed by atoms with van der Waals surface area (Å²) in [5.41, 5.74) is 5.48. The Hall–Kier alpha value is -2.76. The van der Waals surface area contributed by atoms with Crippen LogP contribution >= 0.6 is 0 Å². The maximum absolute atomic E-state index is 5.05. The Morgan fingerprint density at radius 1 is 1.03 bits per heavy atom. The molecule has 0 aliphatic rings. The number of ether oxygens (including phenoxy) is 1. The zero-order valence-electron chi connectivity index (χ0n) is 18.6. The summed E-state index contributed by atoms with van der Waals surface area (Å²) in [6.45, 7) is 8.54. The lowest BCUT2D eigenvalue weighted by molar-refractivity contribution is 0.199. The Balaban J connectivity index is 0.00000155. The molecule has 3 rings (SSSR count). The van der Waals surface area contributed by atoms with E-state index in [1.807, 2.05) is 37.0 Å². The zero-order valence-corrected chi connectivity index (χ0v) is 18.6. The number of allylic oxidation sites excluding steroid dienone is 4. The Morgan fingerprint density at radius 2 is 1.80 bits per heavy atom. The summed E-state index contributed by atoms with van der Waals surface area (Å²) in [5, 5.41) is 7.83. The third-order valence-corrected chi connectivity index (χ3v) is 4.49. The number of fused-ring (bicyclic) bond motifs is 1. The number of nitrogens with one attached hydrogen (secondary N) is 1. The number of aromatic nitrogens is 3. The topological polar surface area (TPSA) is 51.5 Å². The van der Waals surface area contributed by atoms with Gasteiger partial charge in [0.25, 0.3) is 0 Å². The number of benzene rings is 1. The summed E-state index contributed by atoms with van der Waals surface area (Å²) in [6, 6.07) is 8.54. The van der Waals surface area contributed by atoms with Gasteiger partial charge in [-0.1, -0.05) is 69.3 Å². The molecule has 0 aliphatic heterocycles. The van der Waals surface area contributed by atoms with Crippen molar-refractivity contribution in [3.05, 3.63) is 78.3 Å². The standard InChI is InChI=1S/C23H28N4O.C2H6/c1-3-4-5-6-7-8-21-17-26-27-18-22(16-25-23(21)27)20-11-9-19(10-12-20)15-24-13-14-28-2;1-2/h4-7,9-12,16-18,24H,3,8,13-15H2,1-2H3;1-2H3/b5-4-,7-6-;. The molecule has 0 unspecified atom stereocenters. The zero-order chi connectivity index (χ0) is 21.6. The highest BCUT2D eigenvalue weighted by Gasteiger charge is 2.06. The van der Waals surface area contributed by atoms with Gasteiger partial charge < -0.3 is 10.1 Å². The van der Waals surface area contributed by atoms with Gasteiger partial charge in [-0.15, -0.1) is 0 Å². The number of hydrogen-bond donors (Lipinski definition) is 1. The van der Waals surface area contributed by atoms with Crippen molar-refractivity contribution in [2.45, 2.75) is 40.2 Å². The van der Waals surface area contributed by atoms with Crippen LogP contribution in [0.15, 0.2) is 67.2 Å². The van der Waals surface area contributed by atoms with E-state index in [1.54, 1.807) is 7.11 Å². The molecule has 0 atom stereocenters. The molecule has 0 radical (unpaired) electrons. The van der Waals surface area contributed by atoms with E-state index in [4.69, 9.17) is 4.74 Å². The van der Waals surface area contributed by atoms with Crippen molar-refractivity contribution in [1.82, 2.24) is 19.9 Å². The van der Waals surface area contributed by atoms with Crippen molar-refractivity contribution < 1.29 is 4.74 Å². The summed E-state index contributed by atoms with van der Waals surface area (Å²) in [5.74, 6) is 0. The van der Waals surface area contributed by atoms with Gasteiger partial charge in [0.15, 0.2) is 5.65 Å². The van der Waals surface area contributed by atoms with Crippen molar-refractivity contribution in [3.63, 3.8) is 0 Å². The van der Waals surface area contributed by atoms with Gasteiger partial charge in [-0.2, -0.15) is 5.10 Å². The van der Waals surface area contributed by atoms with E-state index >= 15 is 0 Å². The molecule has 0 spiro atoms. The van der Waals surface area contributed by atoms with Crippen LogP contribution in [-0.2, 0) is 17.7 Å². The second-order valence-electron chi connectivity index (χ2n) is 6.62. The highest BCUT2D eigenvalue weighted by molar-refractivity contribution is 5.64. The third-order valence-electron chi connectivity index (χ3n) is 4.49. The van der Waals surface area contributed by atoms with Gasteiger partial charge in [-0.05, 0) is 24.0 Å². The Bertz CT molecular complexity index is 926. The molecule has 0 aliphatic carbocycles. The van der Waals surface area contributed by atoms with Crippen LogP contribution in [0.1, 0.15) is 38.3 Å². The Kier molecular flexibility index (Phi) is 10.6. The molecule has 0 amide bonds. The van der Waals surface area contributed by atoms with Crippen molar-refractivity contribution >= 4 is 5.65 Å². The van der Waals surface area contributed by atoms with Crippen LogP contribution in [0.3, 0.4) is 0 Å². The molecule has 5 heteroatoms. The predicted octanol–water partition coefficient (Wildman–Crippen LogP) is 5.22. The van der Waals surface area contributed by atoms with Crippen LogP contribution in [0, 0.1) is 0 Å². The van der Waals surface area contributed by atoms with Crippen LogP contribution in [0.25, 0.3) is 16.8 Å².